The van der Waals surface area contributed by atoms with Crippen LogP contribution in [-0.2, 0) is 24.4 Å². The van der Waals surface area contributed by atoms with Crippen LogP contribution in [0.25, 0.3) is 0 Å². The Balaban J connectivity index is 2.88. The fourth-order valence-electron chi connectivity index (χ4n) is 0.791. The van der Waals surface area contributed by atoms with Gasteiger partial charge in [-0.1, -0.05) is 0 Å². The van der Waals surface area contributed by atoms with Crippen LogP contribution in [0.3, 0.4) is 0 Å². The van der Waals surface area contributed by atoms with E-state index >= 15 is 0 Å². The molecule has 41 valence electrons. The van der Waals surface area contributed by atoms with Crippen molar-refractivity contribution in [2.45, 2.75) is 20.3 Å². The zero-order valence-corrected chi connectivity index (χ0v) is 8.88. The summed E-state index contributed by atoms with van der Waals surface area (Å²) < 4.78 is 1.60. The molecule has 0 N–H and O–H groups in total. The van der Waals surface area contributed by atoms with Crippen molar-refractivity contribution in [2.75, 3.05) is 0 Å². The van der Waals surface area contributed by atoms with E-state index in [1.807, 2.05) is 0 Å². The molecule has 1 aliphatic carbocycles. The van der Waals surface area contributed by atoms with E-state index in [2.05, 4.69) is 19.9 Å². The summed E-state index contributed by atoms with van der Waals surface area (Å²) >= 11 is 1.23. The third-order valence-corrected chi connectivity index (χ3v) is 3.74. The van der Waals surface area contributed by atoms with Gasteiger partial charge in [-0.25, -0.2) is 0 Å². The molecule has 1 rings (SSSR count). The van der Waals surface area contributed by atoms with Crippen molar-refractivity contribution in [2.24, 2.45) is 0 Å². The summed E-state index contributed by atoms with van der Waals surface area (Å²) in [5.41, 5.74) is 3.12. The molecule has 0 amide bonds. The van der Waals surface area contributed by atoms with Crippen molar-refractivity contribution in [1.82, 2.24) is 0 Å². The van der Waals surface area contributed by atoms with Crippen LogP contribution in [-0.4, -0.2) is 0 Å². The summed E-state index contributed by atoms with van der Waals surface area (Å²) in [6.45, 7) is 4.44. The third kappa shape index (κ3) is 1.02. The Bertz CT molecular complexity index is 158. The fourth-order valence-corrected chi connectivity index (χ4v) is 1.92. The molecular formula is C7H9Hf. The molecule has 0 atom stereocenters. The van der Waals surface area contributed by atoms with Gasteiger partial charge in [-0.05, 0) is 0 Å². The molecular weight excluding hydrogens is 263 g/mol. The van der Waals surface area contributed by atoms with Crippen LogP contribution in [0.15, 0.2) is 20.6 Å². The van der Waals surface area contributed by atoms with Gasteiger partial charge in [0, 0.05) is 0 Å². The standard InChI is InChI=1S/C7H9.Hf/c1-6-4-3-5-7(6)2;/h3H,4H2,1-2H3;. The van der Waals surface area contributed by atoms with E-state index in [9.17, 15) is 0 Å². The van der Waals surface area contributed by atoms with Crippen molar-refractivity contribution >= 4 is 0 Å². The molecule has 0 nitrogen and oxygen atoms in total. The molecule has 0 bridgehead atoms. The van der Waals surface area contributed by atoms with Gasteiger partial charge in [-0.3, -0.25) is 0 Å². The van der Waals surface area contributed by atoms with Gasteiger partial charge < -0.3 is 0 Å². The Morgan fingerprint density at radius 3 is 2.25 bits per heavy atom. The molecule has 0 heterocycles. The van der Waals surface area contributed by atoms with E-state index in [1.54, 1.807) is 14.5 Å². The average molecular weight is 272 g/mol. The molecule has 0 aromatic carbocycles. The summed E-state index contributed by atoms with van der Waals surface area (Å²) in [4.78, 5) is 0. The van der Waals surface area contributed by atoms with Gasteiger partial charge in [0.15, 0.2) is 0 Å². The molecule has 0 saturated heterocycles. The molecule has 0 aromatic rings. The summed E-state index contributed by atoms with van der Waals surface area (Å²) in [5.74, 6) is 0. The van der Waals surface area contributed by atoms with E-state index in [4.69, 9.17) is 0 Å². The monoisotopic (exact) mass is 273 g/mol. The maximum atomic E-state index is 2.34. The van der Waals surface area contributed by atoms with Gasteiger partial charge in [-0.2, -0.15) is 0 Å². The summed E-state index contributed by atoms with van der Waals surface area (Å²) in [6, 6.07) is 0. The average Bonchev–Trinajstić information content (AvgIpc) is 1.98. The van der Waals surface area contributed by atoms with Crippen molar-refractivity contribution < 1.29 is 24.4 Å². The molecule has 0 spiro atoms. The zero-order valence-electron chi connectivity index (χ0n) is 5.28. The SMILES string of the molecule is CC1=C(C)[C]([Hf])=CC1. The fraction of sp³-hybridized carbons (Fsp3) is 0.429. The zero-order chi connectivity index (χ0) is 6.15. The molecule has 0 unspecified atom stereocenters. The van der Waals surface area contributed by atoms with Gasteiger partial charge in [0.1, 0.15) is 0 Å². The molecule has 0 aliphatic heterocycles. The van der Waals surface area contributed by atoms with Crippen LogP contribution >= 0.6 is 0 Å². The molecule has 0 saturated carbocycles. The van der Waals surface area contributed by atoms with Crippen LogP contribution in [0.1, 0.15) is 20.3 Å². The van der Waals surface area contributed by atoms with Crippen LogP contribution in [0.4, 0.5) is 0 Å². The Kier molecular flexibility index (Phi) is 1.86. The minimum absolute atomic E-state index is 1.21. The maximum absolute atomic E-state index is 2.34. The molecule has 0 aromatic heterocycles. The van der Waals surface area contributed by atoms with Gasteiger partial charge in [-0.15, -0.1) is 0 Å². The third-order valence-electron chi connectivity index (χ3n) is 1.66. The number of rotatable bonds is 0. The molecule has 0 radical (unpaired) electrons. The van der Waals surface area contributed by atoms with Gasteiger partial charge in [0.2, 0.25) is 0 Å². The Labute approximate surface area is 65.2 Å². The van der Waals surface area contributed by atoms with Crippen molar-refractivity contribution in [3.63, 3.8) is 0 Å². The van der Waals surface area contributed by atoms with E-state index in [-0.39, 0.29) is 0 Å². The van der Waals surface area contributed by atoms with E-state index in [1.165, 1.54) is 30.8 Å². The van der Waals surface area contributed by atoms with Crippen molar-refractivity contribution in [1.29, 1.82) is 0 Å². The second-order valence-corrected chi connectivity index (χ2v) is 4.16. The second kappa shape index (κ2) is 2.30. The first-order chi connectivity index (χ1) is 3.72. The van der Waals surface area contributed by atoms with Crippen LogP contribution < -0.4 is 0 Å². The van der Waals surface area contributed by atoms with E-state index in [0.717, 1.165) is 0 Å². The quantitative estimate of drug-likeness (QED) is 0.592. The predicted molar refractivity (Wildman–Crippen MR) is 31.1 cm³/mol. The number of allylic oxidation sites excluding steroid dienone is 4. The van der Waals surface area contributed by atoms with Crippen LogP contribution in [0.2, 0.25) is 0 Å². The first-order valence-electron chi connectivity index (χ1n) is 2.80. The first-order valence-corrected chi connectivity index (χ1v) is 4.60. The van der Waals surface area contributed by atoms with Crippen LogP contribution in [0, 0.1) is 0 Å². The minimum atomic E-state index is 1.21. The summed E-state index contributed by atoms with van der Waals surface area (Å²) in [6.07, 6.45) is 3.56. The number of hydrogen-bond acceptors (Lipinski definition) is 0. The van der Waals surface area contributed by atoms with Crippen molar-refractivity contribution in [3.8, 4) is 0 Å². The van der Waals surface area contributed by atoms with E-state index < -0.39 is 0 Å². The Morgan fingerprint density at radius 2 is 2.12 bits per heavy atom. The van der Waals surface area contributed by atoms with Gasteiger partial charge in [0.05, 0.1) is 0 Å². The second-order valence-electron chi connectivity index (χ2n) is 2.23. The first kappa shape index (κ1) is 6.47. The molecule has 1 heteroatoms. The topological polar surface area (TPSA) is 0 Å². The number of hydrogen-bond donors (Lipinski definition) is 0. The summed E-state index contributed by atoms with van der Waals surface area (Å²) in [7, 11) is 0. The molecule has 1 aliphatic rings. The van der Waals surface area contributed by atoms with E-state index in [0.29, 0.717) is 0 Å². The Morgan fingerprint density at radius 1 is 1.50 bits per heavy atom. The summed E-state index contributed by atoms with van der Waals surface area (Å²) in [5, 5.41) is 0. The predicted octanol–water partition coefficient (Wildman–Crippen LogP) is 2.16. The Hall–Kier alpha value is 0.350. The molecule has 8 heavy (non-hydrogen) atoms. The normalized spacial score (nSPS) is 19.4. The van der Waals surface area contributed by atoms with Crippen LogP contribution in [0.5, 0.6) is 0 Å². The van der Waals surface area contributed by atoms with Gasteiger partial charge in [0.25, 0.3) is 0 Å². The van der Waals surface area contributed by atoms with Gasteiger partial charge >= 0.3 is 65.2 Å². The van der Waals surface area contributed by atoms with Crippen molar-refractivity contribution in [3.05, 3.63) is 20.6 Å². The molecule has 0 fully saturated rings.